The van der Waals surface area contributed by atoms with Crippen LogP contribution in [0.5, 0.6) is 5.75 Å². The summed E-state index contributed by atoms with van der Waals surface area (Å²) in [4.78, 5) is 24.6. The SMILES string of the molecule is O=C(COc1c(Cl)cc(Cl)cc1-c1ccno1)N/N=C/c1coc2ccc(Cl)cc2c1=O. The Morgan fingerprint density at radius 1 is 1.16 bits per heavy atom. The van der Waals surface area contributed by atoms with Gasteiger partial charge in [-0.3, -0.25) is 9.59 Å². The molecule has 0 radical (unpaired) electrons. The molecule has 0 bridgehead atoms. The first-order valence-corrected chi connectivity index (χ1v) is 10.1. The summed E-state index contributed by atoms with van der Waals surface area (Å²) < 4.78 is 16.1. The van der Waals surface area contributed by atoms with E-state index in [4.69, 9.17) is 48.5 Å². The number of nitrogens with one attached hydrogen (secondary N) is 1. The summed E-state index contributed by atoms with van der Waals surface area (Å²) in [5.74, 6) is -0.0334. The number of benzene rings is 2. The van der Waals surface area contributed by atoms with Crippen LogP contribution in [0.15, 0.2) is 67.7 Å². The van der Waals surface area contributed by atoms with Crippen molar-refractivity contribution in [3.05, 3.63) is 79.7 Å². The van der Waals surface area contributed by atoms with E-state index in [1.165, 1.54) is 30.8 Å². The van der Waals surface area contributed by atoms with E-state index in [1.54, 1.807) is 24.3 Å². The molecule has 0 atom stereocenters. The predicted octanol–water partition coefficient (Wildman–Crippen LogP) is 4.94. The highest BCUT2D eigenvalue weighted by Crippen LogP contribution is 2.38. The Hall–Kier alpha value is -3.33. The fraction of sp³-hybridized carbons (Fsp3) is 0.0476. The van der Waals surface area contributed by atoms with Gasteiger partial charge in [-0.05, 0) is 30.3 Å². The number of hydrogen-bond donors (Lipinski definition) is 1. The van der Waals surface area contributed by atoms with Gasteiger partial charge in [0.25, 0.3) is 5.91 Å². The molecular formula is C21H12Cl3N3O5. The zero-order valence-corrected chi connectivity index (χ0v) is 18.2. The highest BCUT2D eigenvalue weighted by atomic mass is 35.5. The fourth-order valence-corrected chi connectivity index (χ4v) is 3.52. The molecule has 1 N–H and O–H groups in total. The van der Waals surface area contributed by atoms with E-state index in [0.717, 1.165) is 0 Å². The van der Waals surface area contributed by atoms with E-state index < -0.39 is 12.5 Å². The first-order chi connectivity index (χ1) is 15.4. The van der Waals surface area contributed by atoms with Crippen LogP contribution in [0.25, 0.3) is 22.3 Å². The normalized spacial score (nSPS) is 11.2. The molecule has 0 spiro atoms. The third-order valence-electron chi connectivity index (χ3n) is 4.21. The van der Waals surface area contributed by atoms with Crippen molar-refractivity contribution < 1.29 is 18.5 Å². The van der Waals surface area contributed by atoms with Crippen LogP contribution in [-0.4, -0.2) is 23.9 Å². The minimum atomic E-state index is -0.594. The number of hydrazone groups is 1. The molecule has 32 heavy (non-hydrogen) atoms. The van der Waals surface area contributed by atoms with E-state index in [0.29, 0.717) is 32.3 Å². The van der Waals surface area contributed by atoms with Gasteiger partial charge in [0.1, 0.15) is 17.6 Å². The lowest BCUT2D eigenvalue weighted by Crippen LogP contribution is -2.25. The highest BCUT2D eigenvalue weighted by molar-refractivity contribution is 6.36. The molecule has 11 heteroatoms. The maximum absolute atomic E-state index is 12.5. The van der Waals surface area contributed by atoms with Gasteiger partial charge in [-0.2, -0.15) is 5.10 Å². The summed E-state index contributed by atoms with van der Waals surface area (Å²) >= 11 is 18.2. The maximum Gasteiger partial charge on any atom is 0.277 e. The lowest BCUT2D eigenvalue weighted by molar-refractivity contribution is -0.123. The number of ether oxygens (including phenoxy) is 1. The molecule has 4 aromatic rings. The van der Waals surface area contributed by atoms with Crippen LogP contribution in [0.1, 0.15) is 5.56 Å². The third kappa shape index (κ3) is 4.77. The number of aromatic nitrogens is 1. The number of halogens is 3. The van der Waals surface area contributed by atoms with Crippen LogP contribution < -0.4 is 15.6 Å². The summed E-state index contributed by atoms with van der Waals surface area (Å²) in [6.45, 7) is -0.415. The van der Waals surface area contributed by atoms with Crippen molar-refractivity contribution in [2.75, 3.05) is 6.61 Å². The van der Waals surface area contributed by atoms with Crippen LogP contribution in [0.2, 0.25) is 15.1 Å². The summed E-state index contributed by atoms with van der Waals surface area (Å²) in [6, 6.07) is 9.34. The van der Waals surface area contributed by atoms with Crippen molar-refractivity contribution in [2.45, 2.75) is 0 Å². The van der Waals surface area contributed by atoms with Crippen molar-refractivity contribution in [3.63, 3.8) is 0 Å². The standard InChI is InChI=1S/C21H12Cl3N3O5/c22-12-1-2-17-14(5-12)20(29)11(9-30-17)8-25-27-19(28)10-31-21-15(18-3-4-26-32-18)6-13(23)7-16(21)24/h1-9H,10H2,(H,27,28)/b25-8+. The largest absolute Gasteiger partial charge is 0.481 e. The second-order valence-corrected chi connectivity index (χ2v) is 7.66. The Morgan fingerprint density at radius 2 is 2.00 bits per heavy atom. The van der Waals surface area contributed by atoms with Gasteiger partial charge in [-0.1, -0.05) is 40.0 Å². The molecule has 0 saturated carbocycles. The number of fused-ring (bicyclic) bond motifs is 1. The van der Waals surface area contributed by atoms with Gasteiger partial charge in [-0.25, -0.2) is 5.43 Å². The molecule has 0 unspecified atom stereocenters. The van der Waals surface area contributed by atoms with Crippen LogP contribution in [-0.2, 0) is 4.79 Å². The summed E-state index contributed by atoms with van der Waals surface area (Å²) in [6.07, 6.45) is 3.85. The second-order valence-electron chi connectivity index (χ2n) is 6.38. The van der Waals surface area contributed by atoms with Crippen molar-refractivity contribution in [1.82, 2.24) is 10.6 Å². The van der Waals surface area contributed by atoms with Gasteiger partial charge >= 0.3 is 0 Å². The van der Waals surface area contributed by atoms with Gasteiger partial charge in [0.05, 0.1) is 33.9 Å². The fourth-order valence-electron chi connectivity index (χ4n) is 2.80. The van der Waals surface area contributed by atoms with Crippen LogP contribution >= 0.6 is 34.8 Å². The van der Waals surface area contributed by atoms with E-state index >= 15 is 0 Å². The Bertz CT molecular complexity index is 1380. The molecule has 0 aliphatic heterocycles. The van der Waals surface area contributed by atoms with Gasteiger partial charge in [0.2, 0.25) is 5.43 Å². The number of hydrogen-bond acceptors (Lipinski definition) is 7. The second kappa shape index (κ2) is 9.44. The molecule has 0 saturated heterocycles. The molecule has 2 heterocycles. The number of amides is 1. The number of carbonyl (C=O) groups excluding carboxylic acids is 1. The average molecular weight is 493 g/mol. The van der Waals surface area contributed by atoms with Crippen LogP contribution in [0.4, 0.5) is 0 Å². The minimum absolute atomic E-state index is 0.134. The molecule has 1 amide bonds. The monoisotopic (exact) mass is 491 g/mol. The molecule has 4 rings (SSSR count). The minimum Gasteiger partial charge on any atom is -0.481 e. The van der Waals surface area contributed by atoms with Gasteiger partial charge < -0.3 is 13.7 Å². The van der Waals surface area contributed by atoms with Crippen LogP contribution in [0, 0.1) is 0 Å². The van der Waals surface area contributed by atoms with Crippen molar-refractivity contribution in [1.29, 1.82) is 0 Å². The predicted molar refractivity (Wildman–Crippen MR) is 121 cm³/mol. The third-order valence-corrected chi connectivity index (χ3v) is 4.95. The van der Waals surface area contributed by atoms with E-state index in [2.05, 4.69) is 15.7 Å². The van der Waals surface area contributed by atoms with Crippen LogP contribution in [0.3, 0.4) is 0 Å². The van der Waals surface area contributed by atoms with Gasteiger partial charge in [-0.15, -0.1) is 0 Å². The maximum atomic E-state index is 12.5. The first kappa shape index (κ1) is 21.9. The molecule has 0 aliphatic carbocycles. The van der Waals surface area contributed by atoms with E-state index in [1.807, 2.05) is 0 Å². The van der Waals surface area contributed by atoms with E-state index in [-0.39, 0.29) is 21.8 Å². The molecule has 2 aromatic carbocycles. The molecule has 0 aliphatic rings. The lowest BCUT2D eigenvalue weighted by atomic mass is 10.1. The quantitative estimate of drug-likeness (QED) is 0.302. The van der Waals surface area contributed by atoms with E-state index in [9.17, 15) is 9.59 Å². The highest BCUT2D eigenvalue weighted by Gasteiger charge is 2.16. The molecule has 2 aromatic heterocycles. The Balaban J connectivity index is 1.45. The number of nitrogens with zero attached hydrogens (tertiary/aromatic N) is 2. The zero-order chi connectivity index (χ0) is 22.7. The molecule has 0 fully saturated rings. The van der Waals surface area contributed by atoms with Gasteiger partial charge in [0, 0.05) is 16.1 Å². The Morgan fingerprint density at radius 3 is 2.78 bits per heavy atom. The van der Waals surface area contributed by atoms with Crippen molar-refractivity contribution in [3.8, 4) is 17.1 Å². The molecular weight excluding hydrogens is 481 g/mol. The Labute approximate surface area is 195 Å². The Kier molecular flexibility index (Phi) is 6.45. The molecule has 8 nitrogen and oxygen atoms in total. The lowest BCUT2D eigenvalue weighted by Gasteiger charge is -2.11. The van der Waals surface area contributed by atoms with Crippen molar-refractivity contribution >= 4 is 57.9 Å². The van der Waals surface area contributed by atoms with Crippen molar-refractivity contribution in [2.24, 2.45) is 5.10 Å². The zero-order valence-electron chi connectivity index (χ0n) is 16.0. The smallest absolute Gasteiger partial charge is 0.277 e. The molecule has 162 valence electrons. The summed E-state index contributed by atoms with van der Waals surface area (Å²) in [7, 11) is 0. The number of carbonyl (C=O) groups is 1. The summed E-state index contributed by atoms with van der Waals surface area (Å²) in [5.41, 5.74) is 2.88. The topological polar surface area (TPSA) is 107 Å². The number of rotatable bonds is 6. The van der Waals surface area contributed by atoms with Gasteiger partial charge in [0.15, 0.2) is 12.4 Å². The average Bonchev–Trinajstić information content (AvgIpc) is 3.29. The summed E-state index contributed by atoms with van der Waals surface area (Å²) in [5, 5.41) is 8.66. The first-order valence-electron chi connectivity index (χ1n) is 8.98.